The molecule has 1 aromatic carbocycles. The van der Waals surface area contributed by atoms with Gasteiger partial charge < -0.3 is 9.72 Å². The Balaban J connectivity index is 2.01. The number of nitrogens with one attached hydrogen (secondary N) is 1. The van der Waals surface area contributed by atoms with E-state index < -0.39 is 0 Å². The summed E-state index contributed by atoms with van der Waals surface area (Å²) < 4.78 is 2.04. The molecule has 3 rings (SSSR count). The number of rotatable bonds is 4. The Kier molecular flexibility index (Phi) is 4.45. The Bertz CT molecular complexity index is 914. The zero-order valence-electron chi connectivity index (χ0n) is 14.9. The zero-order valence-corrected chi connectivity index (χ0v) is 14.9. The van der Waals surface area contributed by atoms with E-state index in [2.05, 4.69) is 56.9 Å². The molecule has 0 spiro atoms. The summed E-state index contributed by atoms with van der Waals surface area (Å²) >= 11 is 0. The fourth-order valence-electron chi connectivity index (χ4n) is 2.77. The third-order valence-electron chi connectivity index (χ3n) is 4.22. The predicted octanol–water partition coefficient (Wildman–Crippen LogP) is 4.10. The summed E-state index contributed by atoms with van der Waals surface area (Å²) in [6.07, 6.45) is 5.19. The third-order valence-corrected chi connectivity index (χ3v) is 4.22. The lowest BCUT2D eigenvalue weighted by Crippen LogP contribution is -2.21. The molecular weight excluding hydrogens is 310 g/mol. The molecule has 0 bridgehead atoms. The SMILES string of the molecule is C=CC(=O)NCc1cn2cccc2c(-c2ccc(C(C)(C)C)cc2)n1. The molecule has 4 nitrogen and oxygen atoms in total. The van der Waals surface area contributed by atoms with Gasteiger partial charge in [0.05, 0.1) is 23.4 Å². The van der Waals surface area contributed by atoms with E-state index >= 15 is 0 Å². The van der Waals surface area contributed by atoms with Gasteiger partial charge >= 0.3 is 0 Å². The molecule has 4 heteroatoms. The molecule has 0 saturated carbocycles. The van der Waals surface area contributed by atoms with Gasteiger partial charge in [-0.2, -0.15) is 0 Å². The van der Waals surface area contributed by atoms with Gasteiger partial charge in [-0.25, -0.2) is 4.98 Å². The van der Waals surface area contributed by atoms with Gasteiger partial charge in [0.15, 0.2) is 0 Å². The Labute approximate surface area is 148 Å². The van der Waals surface area contributed by atoms with Gasteiger partial charge in [0.2, 0.25) is 5.91 Å². The van der Waals surface area contributed by atoms with Crippen LogP contribution < -0.4 is 5.32 Å². The van der Waals surface area contributed by atoms with Crippen molar-refractivity contribution >= 4 is 11.4 Å². The minimum Gasteiger partial charge on any atom is -0.347 e. The molecule has 0 saturated heterocycles. The van der Waals surface area contributed by atoms with E-state index in [1.807, 2.05) is 28.9 Å². The Morgan fingerprint density at radius 1 is 1.24 bits per heavy atom. The van der Waals surface area contributed by atoms with Crippen LogP contribution in [0, 0.1) is 0 Å². The van der Waals surface area contributed by atoms with Gasteiger partial charge in [-0.1, -0.05) is 51.6 Å². The predicted molar refractivity (Wildman–Crippen MR) is 101 cm³/mol. The van der Waals surface area contributed by atoms with Crippen LogP contribution >= 0.6 is 0 Å². The molecule has 25 heavy (non-hydrogen) atoms. The second-order valence-corrected chi connectivity index (χ2v) is 7.13. The second-order valence-electron chi connectivity index (χ2n) is 7.13. The molecule has 0 aliphatic carbocycles. The van der Waals surface area contributed by atoms with E-state index in [1.165, 1.54) is 11.6 Å². The van der Waals surface area contributed by atoms with Gasteiger partial charge in [0, 0.05) is 18.0 Å². The number of carbonyl (C=O) groups excluding carboxylic acids is 1. The van der Waals surface area contributed by atoms with Crippen molar-refractivity contribution in [2.24, 2.45) is 0 Å². The first-order valence-corrected chi connectivity index (χ1v) is 8.36. The van der Waals surface area contributed by atoms with Crippen molar-refractivity contribution < 1.29 is 4.79 Å². The number of carbonyl (C=O) groups is 1. The maximum atomic E-state index is 11.4. The number of benzene rings is 1. The van der Waals surface area contributed by atoms with Crippen molar-refractivity contribution in [1.29, 1.82) is 0 Å². The van der Waals surface area contributed by atoms with Crippen LogP contribution in [0.3, 0.4) is 0 Å². The van der Waals surface area contributed by atoms with Gasteiger partial charge in [0.1, 0.15) is 0 Å². The molecule has 3 aromatic rings. The summed E-state index contributed by atoms with van der Waals surface area (Å²) in [5, 5.41) is 2.78. The third kappa shape index (κ3) is 3.63. The average Bonchev–Trinajstić information content (AvgIpc) is 3.06. The Morgan fingerprint density at radius 2 is 1.96 bits per heavy atom. The minimum absolute atomic E-state index is 0.118. The molecule has 0 atom stereocenters. The van der Waals surface area contributed by atoms with Gasteiger partial charge in [-0.05, 0) is 29.2 Å². The van der Waals surface area contributed by atoms with E-state index in [9.17, 15) is 4.79 Å². The highest BCUT2D eigenvalue weighted by molar-refractivity contribution is 5.86. The van der Waals surface area contributed by atoms with Crippen LogP contribution in [0.4, 0.5) is 0 Å². The van der Waals surface area contributed by atoms with Crippen LogP contribution in [0.25, 0.3) is 16.8 Å². The van der Waals surface area contributed by atoms with Gasteiger partial charge in [-0.3, -0.25) is 4.79 Å². The smallest absolute Gasteiger partial charge is 0.243 e. The van der Waals surface area contributed by atoms with Crippen molar-refractivity contribution in [2.45, 2.75) is 32.7 Å². The summed E-state index contributed by atoms with van der Waals surface area (Å²) in [6.45, 7) is 10.4. The van der Waals surface area contributed by atoms with E-state index in [0.29, 0.717) is 6.54 Å². The van der Waals surface area contributed by atoms with Gasteiger partial charge in [-0.15, -0.1) is 0 Å². The largest absolute Gasteiger partial charge is 0.347 e. The highest BCUT2D eigenvalue weighted by Crippen LogP contribution is 2.28. The van der Waals surface area contributed by atoms with Crippen LogP contribution in [0.2, 0.25) is 0 Å². The lowest BCUT2D eigenvalue weighted by atomic mass is 9.86. The normalized spacial score (nSPS) is 11.5. The van der Waals surface area contributed by atoms with Crippen molar-refractivity contribution in [3.63, 3.8) is 0 Å². The quantitative estimate of drug-likeness (QED) is 0.731. The summed E-state index contributed by atoms with van der Waals surface area (Å²) in [4.78, 5) is 16.2. The maximum Gasteiger partial charge on any atom is 0.243 e. The minimum atomic E-state index is -0.203. The van der Waals surface area contributed by atoms with E-state index in [-0.39, 0.29) is 11.3 Å². The standard InChI is InChI=1S/C21H23N3O/c1-5-19(25)22-13-17-14-24-12-6-7-18(24)20(23-17)15-8-10-16(11-9-15)21(2,3)4/h5-12,14H,1,13H2,2-4H3,(H,22,25). The first-order valence-electron chi connectivity index (χ1n) is 8.36. The molecule has 0 aliphatic rings. The fraction of sp³-hybridized carbons (Fsp3) is 0.238. The molecule has 128 valence electrons. The monoisotopic (exact) mass is 333 g/mol. The molecule has 2 aromatic heterocycles. The summed E-state index contributed by atoms with van der Waals surface area (Å²) in [5.74, 6) is -0.203. The highest BCUT2D eigenvalue weighted by atomic mass is 16.1. The summed E-state index contributed by atoms with van der Waals surface area (Å²) in [7, 11) is 0. The van der Waals surface area contributed by atoms with E-state index in [0.717, 1.165) is 22.5 Å². The second kappa shape index (κ2) is 6.55. The van der Waals surface area contributed by atoms with Crippen molar-refractivity contribution in [3.05, 3.63) is 72.7 Å². The van der Waals surface area contributed by atoms with Gasteiger partial charge in [0.25, 0.3) is 0 Å². The van der Waals surface area contributed by atoms with Crippen molar-refractivity contribution in [3.8, 4) is 11.3 Å². The van der Waals surface area contributed by atoms with Crippen LogP contribution in [-0.2, 0) is 16.8 Å². The molecule has 0 unspecified atom stereocenters. The maximum absolute atomic E-state index is 11.4. The average molecular weight is 333 g/mol. The lowest BCUT2D eigenvalue weighted by Gasteiger charge is -2.19. The molecular formula is C21H23N3O. The van der Waals surface area contributed by atoms with E-state index in [1.54, 1.807) is 0 Å². The number of amides is 1. The van der Waals surface area contributed by atoms with Crippen LogP contribution in [0.1, 0.15) is 32.0 Å². The zero-order chi connectivity index (χ0) is 18.0. The Morgan fingerprint density at radius 3 is 2.60 bits per heavy atom. The first-order chi connectivity index (χ1) is 11.9. The molecule has 0 aliphatic heterocycles. The van der Waals surface area contributed by atoms with Crippen LogP contribution in [0.15, 0.2) is 61.4 Å². The first kappa shape index (κ1) is 17.0. The number of hydrogen-bond acceptors (Lipinski definition) is 2. The number of fused-ring (bicyclic) bond motifs is 1. The Hall–Kier alpha value is -2.88. The molecule has 0 fully saturated rings. The van der Waals surface area contributed by atoms with Crippen molar-refractivity contribution in [1.82, 2.24) is 14.7 Å². The van der Waals surface area contributed by atoms with Crippen LogP contribution in [0.5, 0.6) is 0 Å². The van der Waals surface area contributed by atoms with Crippen LogP contribution in [-0.4, -0.2) is 15.3 Å². The van der Waals surface area contributed by atoms with E-state index in [4.69, 9.17) is 4.98 Å². The summed E-state index contributed by atoms with van der Waals surface area (Å²) in [6, 6.07) is 12.6. The number of nitrogens with zero attached hydrogens (tertiary/aromatic N) is 2. The molecule has 2 heterocycles. The number of aromatic nitrogens is 2. The molecule has 0 radical (unpaired) electrons. The lowest BCUT2D eigenvalue weighted by molar-refractivity contribution is -0.116. The highest BCUT2D eigenvalue weighted by Gasteiger charge is 2.14. The molecule has 1 amide bonds. The number of hydrogen-bond donors (Lipinski definition) is 1. The fourth-order valence-corrected chi connectivity index (χ4v) is 2.77. The molecule has 1 N–H and O–H groups in total. The topological polar surface area (TPSA) is 46.4 Å². The van der Waals surface area contributed by atoms with Crippen molar-refractivity contribution in [2.75, 3.05) is 0 Å². The summed E-state index contributed by atoms with van der Waals surface area (Å²) in [5.41, 5.74) is 5.23.